The highest BCUT2D eigenvalue weighted by molar-refractivity contribution is 6.02. The van der Waals surface area contributed by atoms with Crippen molar-refractivity contribution in [3.63, 3.8) is 0 Å². The number of methoxy groups -OCH3 is 1. The largest absolute Gasteiger partial charge is 0.493 e. The number of nitrogens with zero attached hydrogens (tertiary/aromatic N) is 1. The van der Waals surface area contributed by atoms with E-state index in [-0.39, 0.29) is 24.3 Å². The van der Waals surface area contributed by atoms with Gasteiger partial charge < -0.3 is 20.5 Å². The zero-order valence-electron chi connectivity index (χ0n) is 17.8. The number of amides is 3. The molecule has 2 fully saturated rings. The number of rotatable bonds is 6. The van der Waals surface area contributed by atoms with Gasteiger partial charge >= 0.3 is 6.03 Å². The first-order valence-corrected chi connectivity index (χ1v) is 10.8. The average Bonchev–Trinajstić information content (AvgIpc) is 3.44. The predicted octanol–water partition coefficient (Wildman–Crippen LogP) is 4.02. The van der Waals surface area contributed by atoms with Gasteiger partial charge in [-0.3, -0.25) is 9.69 Å². The minimum absolute atomic E-state index is 0.0744. The third-order valence-electron chi connectivity index (χ3n) is 6.07. The summed E-state index contributed by atoms with van der Waals surface area (Å²) >= 11 is 0. The quantitative estimate of drug-likeness (QED) is 0.732. The summed E-state index contributed by atoms with van der Waals surface area (Å²) in [6, 6.07) is 12.7. The highest BCUT2D eigenvalue weighted by Crippen LogP contribution is 2.37. The molecule has 1 aliphatic heterocycles. The second-order valence-electron chi connectivity index (χ2n) is 8.17. The van der Waals surface area contributed by atoms with Gasteiger partial charge in [-0.2, -0.15) is 0 Å². The summed E-state index contributed by atoms with van der Waals surface area (Å²) in [6.45, 7) is 0.773. The van der Waals surface area contributed by atoms with Gasteiger partial charge in [-0.1, -0.05) is 18.2 Å². The Hall–Kier alpha value is -3.06. The molecule has 1 unspecified atom stereocenters. The summed E-state index contributed by atoms with van der Waals surface area (Å²) in [7, 11) is 1.63. The summed E-state index contributed by atoms with van der Waals surface area (Å²) in [5.74, 6) is 1.14. The van der Waals surface area contributed by atoms with Gasteiger partial charge in [0.15, 0.2) is 11.5 Å². The topological polar surface area (TPSA) is 93.9 Å². The lowest BCUT2D eigenvalue weighted by Gasteiger charge is -2.19. The van der Waals surface area contributed by atoms with Crippen molar-refractivity contribution >= 4 is 17.6 Å². The minimum atomic E-state index is -0.413. The molecule has 1 heterocycles. The molecule has 1 atom stereocenters. The van der Waals surface area contributed by atoms with Gasteiger partial charge in [0.05, 0.1) is 13.2 Å². The van der Waals surface area contributed by atoms with E-state index in [1.54, 1.807) is 19.2 Å². The summed E-state index contributed by atoms with van der Waals surface area (Å²) in [5.41, 5.74) is 8.19. The van der Waals surface area contributed by atoms with Crippen LogP contribution in [-0.4, -0.2) is 36.6 Å². The van der Waals surface area contributed by atoms with Crippen LogP contribution in [0.15, 0.2) is 42.5 Å². The van der Waals surface area contributed by atoms with Crippen molar-refractivity contribution in [3.8, 4) is 11.5 Å². The molecule has 0 bridgehead atoms. The van der Waals surface area contributed by atoms with Crippen LogP contribution in [0.2, 0.25) is 0 Å². The van der Waals surface area contributed by atoms with Gasteiger partial charge in [0.1, 0.15) is 0 Å². The molecule has 3 N–H and O–H groups in total. The highest BCUT2D eigenvalue weighted by Gasteiger charge is 2.35. The standard InChI is InChI=1S/C24H29N3O4/c1-30-21-11-8-17(12-22(21)31-20-4-2-3-5-20)18-13-23(28)27(15-18)24(29)26-19-9-6-16(14-25)7-10-19/h6-12,18,20H,2-5,13-15,25H2,1H3,(H,26,29). The van der Waals surface area contributed by atoms with Crippen LogP contribution >= 0.6 is 0 Å². The van der Waals surface area contributed by atoms with Gasteiger partial charge in [-0.15, -0.1) is 0 Å². The fraction of sp³-hybridized carbons (Fsp3) is 0.417. The van der Waals surface area contributed by atoms with Crippen LogP contribution in [-0.2, 0) is 11.3 Å². The van der Waals surface area contributed by atoms with Crippen LogP contribution in [0, 0.1) is 0 Å². The van der Waals surface area contributed by atoms with Gasteiger partial charge in [0, 0.05) is 31.1 Å². The number of ether oxygens (including phenoxy) is 2. The Morgan fingerprint density at radius 1 is 1.13 bits per heavy atom. The van der Waals surface area contributed by atoms with Crippen LogP contribution in [0.1, 0.15) is 49.1 Å². The van der Waals surface area contributed by atoms with Crippen LogP contribution in [0.25, 0.3) is 0 Å². The van der Waals surface area contributed by atoms with Gasteiger partial charge in [-0.05, 0) is 61.1 Å². The second-order valence-corrected chi connectivity index (χ2v) is 8.17. The smallest absolute Gasteiger partial charge is 0.328 e. The first-order valence-electron chi connectivity index (χ1n) is 10.8. The average molecular weight is 424 g/mol. The van der Waals surface area contributed by atoms with Crippen molar-refractivity contribution in [1.82, 2.24) is 4.90 Å². The molecule has 3 amide bonds. The third kappa shape index (κ3) is 4.82. The van der Waals surface area contributed by atoms with E-state index in [1.807, 2.05) is 30.3 Å². The molecule has 2 aromatic carbocycles. The Kier molecular flexibility index (Phi) is 6.42. The second kappa shape index (κ2) is 9.39. The Bertz CT molecular complexity index is 938. The van der Waals surface area contributed by atoms with E-state index in [9.17, 15) is 9.59 Å². The fourth-order valence-electron chi connectivity index (χ4n) is 4.27. The highest BCUT2D eigenvalue weighted by atomic mass is 16.5. The molecule has 2 aliphatic rings. The number of carbonyl (C=O) groups is 2. The van der Waals surface area contributed by atoms with Crippen LogP contribution in [0.3, 0.4) is 0 Å². The summed E-state index contributed by atoms with van der Waals surface area (Å²) < 4.78 is 11.6. The number of urea groups is 1. The zero-order valence-corrected chi connectivity index (χ0v) is 17.8. The fourth-order valence-corrected chi connectivity index (χ4v) is 4.27. The lowest BCUT2D eigenvalue weighted by Crippen LogP contribution is -2.36. The Balaban J connectivity index is 1.44. The van der Waals surface area contributed by atoms with Gasteiger partial charge in [0.2, 0.25) is 5.91 Å². The van der Waals surface area contributed by atoms with E-state index in [2.05, 4.69) is 5.32 Å². The molecule has 0 spiro atoms. The first-order chi connectivity index (χ1) is 15.1. The number of nitrogens with one attached hydrogen (secondary N) is 1. The van der Waals surface area contributed by atoms with E-state index in [1.165, 1.54) is 17.7 Å². The molecule has 1 saturated heterocycles. The number of likely N-dealkylation sites (tertiary alicyclic amines) is 1. The normalized spacial score (nSPS) is 19.0. The molecule has 2 aromatic rings. The molecule has 0 aromatic heterocycles. The Morgan fingerprint density at radius 2 is 1.87 bits per heavy atom. The molecule has 1 aliphatic carbocycles. The lowest BCUT2D eigenvalue weighted by atomic mass is 9.98. The summed E-state index contributed by atoms with van der Waals surface area (Å²) in [6.07, 6.45) is 4.97. The van der Waals surface area contributed by atoms with Crippen molar-refractivity contribution < 1.29 is 19.1 Å². The van der Waals surface area contributed by atoms with E-state index >= 15 is 0 Å². The molecule has 7 heteroatoms. The van der Waals surface area contributed by atoms with E-state index < -0.39 is 6.03 Å². The van der Waals surface area contributed by atoms with E-state index in [4.69, 9.17) is 15.2 Å². The molecule has 1 saturated carbocycles. The van der Waals surface area contributed by atoms with Crippen molar-refractivity contribution in [3.05, 3.63) is 53.6 Å². The van der Waals surface area contributed by atoms with Crippen LogP contribution in [0.4, 0.5) is 10.5 Å². The van der Waals surface area contributed by atoms with E-state index in [0.29, 0.717) is 30.3 Å². The van der Waals surface area contributed by atoms with Gasteiger partial charge in [0.25, 0.3) is 0 Å². The van der Waals surface area contributed by atoms with E-state index in [0.717, 1.165) is 24.0 Å². The molecular formula is C24H29N3O4. The molecule has 7 nitrogen and oxygen atoms in total. The first kappa shape index (κ1) is 21.2. The number of hydrogen-bond acceptors (Lipinski definition) is 5. The van der Waals surface area contributed by atoms with Crippen molar-refractivity contribution in [2.45, 2.75) is 50.7 Å². The number of carbonyl (C=O) groups excluding carboxylic acids is 2. The maximum Gasteiger partial charge on any atom is 0.328 e. The maximum atomic E-state index is 12.7. The number of anilines is 1. The van der Waals surface area contributed by atoms with Crippen LogP contribution in [0.5, 0.6) is 11.5 Å². The number of benzene rings is 2. The van der Waals surface area contributed by atoms with Crippen molar-refractivity contribution in [1.29, 1.82) is 0 Å². The predicted molar refractivity (Wildman–Crippen MR) is 118 cm³/mol. The van der Waals surface area contributed by atoms with Crippen LogP contribution < -0.4 is 20.5 Å². The lowest BCUT2D eigenvalue weighted by molar-refractivity contribution is -0.125. The van der Waals surface area contributed by atoms with Crippen molar-refractivity contribution in [2.75, 3.05) is 19.0 Å². The maximum absolute atomic E-state index is 12.7. The number of imide groups is 1. The monoisotopic (exact) mass is 423 g/mol. The van der Waals surface area contributed by atoms with Gasteiger partial charge in [-0.25, -0.2) is 4.79 Å². The molecule has 31 heavy (non-hydrogen) atoms. The third-order valence-corrected chi connectivity index (χ3v) is 6.07. The SMILES string of the molecule is COc1ccc(C2CC(=O)N(C(=O)Nc3ccc(CN)cc3)C2)cc1OC1CCCC1. The number of hydrogen-bond donors (Lipinski definition) is 2. The Labute approximate surface area is 182 Å². The molecule has 164 valence electrons. The summed E-state index contributed by atoms with van der Waals surface area (Å²) in [4.78, 5) is 26.5. The van der Waals surface area contributed by atoms with Crippen molar-refractivity contribution in [2.24, 2.45) is 5.73 Å². The zero-order chi connectivity index (χ0) is 21.8. The molecular weight excluding hydrogens is 394 g/mol. The summed E-state index contributed by atoms with van der Waals surface area (Å²) in [5, 5.41) is 2.80. The minimum Gasteiger partial charge on any atom is -0.493 e. The Morgan fingerprint density at radius 3 is 2.55 bits per heavy atom. The molecule has 4 rings (SSSR count). The number of nitrogens with two attached hydrogens (primary N) is 1. The molecule has 0 radical (unpaired) electrons.